The van der Waals surface area contributed by atoms with Crippen molar-refractivity contribution in [2.45, 2.75) is 20.4 Å². The molecule has 0 spiro atoms. The number of amides is 1. The van der Waals surface area contributed by atoms with Gasteiger partial charge >= 0.3 is 0 Å². The smallest absolute Gasteiger partial charge is 0.270 e. The summed E-state index contributed by atoms with van der Waals surface area (Å²) in [6.45, 7) is 7.52. The Kier molecular flexibility index (Phi) is 5.45. The minimum Gasteiger partial charge on any atom is -0.351 e. The van der Waals surface area contributed by atoms with Crippen LogP contribution in [0.15, 0.2) is 47.0 Å². The number of aromatic amines is 1. The van der Waals surface area contributed by atoms with Gasteiger partial charge in [0.15, 0.2) is 0 Å². The van der Waals surface area contributed by atoms with Gasteiger partial charge in [-0.05, 0) is 61.4 Å². The summed E-state index contributed by atoms with van der Waals surface area (Å²) in [5.41, 5.74) is 4.88. The molecule has 1 fully saturated rings. The Hall–Kier alpha value is -3.16. The molecular weight excluding hydrogens is 426 g/mol. The Balaban J connectivity index is 1.20. The van der Waals surface area contributed by atoms with Gasteiger partial charge in [-0.25, -0.2) is 0 Å². The number of nitrogens with one attached hydrogen (secondary N) is 1. The number of H-pyrrole nitrogens is 1. The molecule has 0 atom stereocenters. The molecule has 0 radical (unpaired) electrons. The van der Waals surface area contributed by atoms with E-state index >= 15 is 0 Å². The molecule has 1 N–H and O–H groups in total. The summed E-state index contributed by atoms with van der Waals surface area (Å²) in [6, 6.07) is 13.5. The number of rotatable bonds is 4. The van der Waals surface area contributed by atoms with Crippen molar-refractivity contribution >= 4 is 28.4 Å². The number of hydrogen-bond acceptors (Lipinski definition) is 5. The van der Waals surface area contributed by atoms with E-state index < -0.39 is 0 Å². The average molecular weight is 450 g/mol. The lowest BCUT2D eigenvalue weighted by molar-refractivity contribution is 0.0610. The first-order valence-electron chi connectivity index (χ1n) is 10.7. The zero-order valence-electron chi connectivity index (χ0n) is 18.1. The summed E-state index contributed by atoms with van der Waals surface area (Å²) in [5, 5.41) is 5.85. The van der Waals surface area contributed by atoms with Crippen LogP contribution in [-0.4, -0.2) is 57.0 Å². The third kappa shape index (κ3) is 4.13. The van der Waals surface area contributed by atoms with Gasteiger partial charge < -0.3 is 14.4 Å². The van der Waals surface area contributed by atoms with Crippen LogP contribution in [0, 0.1) is 13.8 Å². The highest BCUT2D eigenvalue weighted by atomic mass is 35.5. The molecule has 3 heterocycles. The zero-order chi connectivity index (χ0) is 22.2. The third-order valence-corrected chi connectivity index (χ3v) is 6.16. The molecular formula is C24H24ClN5O2. The molecule has 0 unspecified atom stereocenters. The lowest BCUT2D eigenvalue weighted by atomic mass is 10.1. The van der Waals surface area contributed by atoms with Crippen LogP contribution >= 0.6 is 11.6 Å². The van der Waals surface area contributed by atoms with E-state index in [0.29, 0.717) is 42.1 Å². The van der Waals surface area contributed by atoms with Gasteiger partial charge in [0, 0.05) is 47.7 Å². The number of carbonyl (C=O) groups excluding carboxylic acids is 1. The monoisotopic (exact) mass is 449 g/mol. The van der Waals surface area contributed by atoms with Gasteiger partial charge in [0.1, 0.15) is 5.69 Å². The summed E-state index contributed by atoms with van der Waals surface area (Å²) in [4.78, 5) is 25.0. The molecule has 1 saturated heterocycles. The molecule has 1 amide bonds. The number of aryl methyl sites for hydroxylation is 2. The van der Waals surface area contributed by atoms with Crippen LogP contribution in [0.1, 0.15) is 27.5 Å². The molecule has 2 aromatic heterocycles. The van der Waals surface area contributed by atoms with E-state index in [1.54, 1.807) is 12.1 Å². The number of fused-ring (bicyclic) bond motifs is 1. The van der Waals surface area contributed by atoms with Crippen molar-refractivity contribution in [2.24, 2.45) is 0 Å². The second-order valence-electron chi connectivity index (χ2n) is 8.31. The minimum absolute atomic E-state index is 0.0423. The van der Waals surface area contributed by atoms with Gasteiger partial charge in [0.25, 0.3) is 5.91 Å². The van der Waals surface area contributed by atoms with Crippen molar-refractivity contribution in [3.8, 4) is 11.4 Å². The van der Waals surface area contributed by atoms with Crippen molar-refractivity contribution in [1.82, 2.24) is 24.9 Å². The summed E-state index contributed by atoms with van der Waals surface area (Å²) < 4.78 is 5.43. The van der Waals surface area contributed by atoms with Crippen molar-refractivity contribution in [1.29, 1.82) is 0 Å². The summed E-state index contributed by atoms with van der Waals surface area (Å²) in [6.07, 6.45) is 0. The normalized spacial score (nSPS) is 14.9. The van der Waals surface area contributed by atoms with Gasteiger partial charge in [0.05, 0.1) is 6.54 Å². The Labute approximate surface area is 191 Å². The van der Waals surface area contributed by atoms with E-state index in [4.69, 9.17) is 16.1 Å². The Bertz CT molecular complexity index is 1270. The van der Waals surface area contributed by atoms with Crippen molar-refractivity contribution < 1.29 is 9.32 Å². The van der Waals surface area contributed by atoms with Gasteiger partial charge in [-0.3, -0.25) is 9.69 Å². The third-order valence-electron chi connectivity index (χ3n) is 5.91. The van der Waals surface area contributed by atoms with Gasteiger partial charge in [0.2, 0.25) is 11.7 Å². The second kappa shape index (κ2) is 8.41. The van der Waals surface area contributed by atoms with E-state index in [2.05, 4.69) is 46.0 Å². The lowest BCUT2D eigenvalue weighted by Gasteiger charge is -2.33. The average Bonchev–Trinajstić information content (AvgIpc) is 3.42. The maximum Gasteiger partial charge on any atom is 0.270 e. The molecule has 1 aliphatic rings. The van der Waals surface area contributed by atoms with Gasteiger partial charge in [-0.2, -0.15) is 4.98 Å². The quantitative estimate of drug-likeness (QED) is 0.498. The maximum absolute atomic E-state index is 13.0. The highest BCUT2D eigenvalue weighted by molar-refractivity contribution is 6.30. The van der Waals surface area contributed by atoms with E-state index in [1.165, 1.54) is 11.1 Å². The van der Waals surface area contributed by atoms with E-state index in [1.807, 2.05) is 23.1 Å². The number of hydrogen-bond donors (Lipinski definition) is 1. The largest absolute Gasteiger partial charge is 0.351 e. The van der Waals surface area contributed by atoms with Gasteiger partial charge in [-0.15, -0.1) is 0 Å². The van der Waals surface area contributed by atoms with Crippen LogP contribution in [0.5, 0.6) is 0 Å². The first kappa shape index (κ1) is 20.7. The summed E-state index contributed by atoms with van der Waals surface area (Å²) in [7, 11) is 0. The molecule has 1 aliphatic heterocycles. The predicted octanol–water partition coefficient (Wildman–Crippen LogP) is 4.45. The number of benzene rings is 2. The fraction of sp³-hybridized carbons (Fsp3) is 0.292. The number of piperazine rings is 1. The first-order chi connectivity index (χ1) is 15.5. The van der Waals surface area contributed by atoms with Crippen LogP contribution in [-0.2, 0) is 6.54 Å². The fourth-order valence-electron chi connectivity index (χ4n) is 4.22. The molecule has 7 nitrogen and oxygen atoms in total. The Morgan fingerprint density at radius 1 is 1.09 bits per heavy atom. The standard InChI is InChI=1S/C24H24ClN5O2/c1-15-11-16(2)19-13-21(26-20(19)12-15)24(31)30-9-7-29(8-10-30)14-22-27-23(28-32-22)17-3-5-18(25)6-4-17/h3-6,11-13,26H,7-10,14H2,1-2H3. The van der Waals surface area contributed by atoms with Crippen molar-refractivity contribution in [2.75, 3.05) is 26.2 Å². The van der Waals surface area contributed by atoms with E-state index in [0.717, 1.165) is 29.6 Å². The van der Waals surface area contributed by atoms with Crippen molar-refractivity contribution in [3.63, 3.8) is 0 Å². The van der Waals surface area contributed by atoms with Crippen molar-refractivity contribution in [3.05, 3.63) is 70.2 Å². The molecule has 4 aromatic rings. The van der Waals surface area contributed by atoms with Crippen LogP contribution < -0.4 is 0 Å². The van der Waals surface area contributed by atoms with Gasteiger partial charge in [-0.1, -0.05) is 22.8 Å². The second-order valence-corrected chi connectivity index (χ2v) is 8.75. The van der Waals surface area contributed by atoms with E-state index in [9.17, 15) is 4.79 Å². The molecule has 2 aromatic carbocycles. The molecule has 32 heavy (non-hydrogen) atoms. The molecule has 8 heteroatoms. The predicted molar refractivity (Wildman–Crippen MR) is 124 cm³/mol. The minimum atomic E-state index is 0.0423. The Morgan fingerprint density at radius 3 is 2.59 bits per heavy atom. The highest BCUT2D eigenvalue weighted by Gasteiger charge is 2.24. The molecule has 0 aliphatic carbocycles. The maximum atomic E-state index is 13.0. The summed E-state index contributed by atoms with van der Waals surface area (Å²) in [5.74, 6) is 1.16. The van der Waals surface area contributed by atoms with Crippen LogP contribution in [0.3, 0.4) is 0 Å². The zero-order valence-corrected chi connectivity index (χ0v) is 18.8. The number of carbonyl (C=O) groups is 1. The number of nitrogens with zero attached hydrogens (tertiary/aromatic N) is 4. The SMILES string of the molecule is Cc1cc(C)c2cc(C(=O)N3CCN(Cc4nc(-c5ccc(Cl)cc5)no4)CC3)[nH]c2c1. The number of halogens is 1. The van der Waals surface area contributed by atoms with Crippen LogP contribution in [0.2, 0.25) is 5.02 Å². The molecule has 164 valence electrons. The molecule has 5 rings (SSSR count). The topological polar surface area (TPSA) is 78.3 Å². The number of aromatic nitrogens is 3. The molecule has 0 bridgehead atoms. The van der Waals surface area contributed by atoms with Crippen LogP contribution in [0.4, 0.5) is 0 Å². The lowest BCUT2D eigenvalue weighted by Crippen LogP contribution is -2.48. The molecule has 0 saturated carbocycles. The fourth-order valence-corrected chi connectivity index (χ4v) is 4.35. The summed E-state index contributed by atoms with van der Waals surface area (Å²) >= 11 is 5.94. The Morgan fingerprint density at radius 2 is 1.84 bits per heavy atom. The highest BCUT2D eigenvalue weighted by Crippen LogP contribution is 2.23. The van der Waals surface area contributed by atoms with Crippen LogP contribution in [0.25, 0.3) is 22.3 Å². The van der Waals surface area contributed by atoms with E-state index in [-0.39, 0.29) is 5.91 Å². The first-order valence-corrected chi connectivity index (χ1v) is 11.0.